The van der Waals surface area contributed by atoms with Crippen LogP contribution in [0.15, 0.2) is 0 Å². The van der Waals surface area contributed by atoms with Crippen LogP contribution in [0.25, 0.3) is 0 Å². The first-order chi connectivity index (χ1) is 30.8. The minimum absolute atomic E-state index is 0.985. The smallest absolute Gasteiger partial charge is 0.132 e. The summed E-state index contributed by atoms with van der Waals surface area (Å²) in [5, 5.41) is 0. The molecule has 0 saturated heterocycles. The average molecular weight is 865 g/mol. The lowest BCUT2D eigenvalue weighted by Gasteiger charge is -2.16. The van der Waals surface area contributed by atoms with Gasteiger partial charge in [0.1, 0.15) is 5.82 Å². The number of rotatable bonds is 52. The fourth-order valence-corrected chi connectivity index (χ4v) is 9.97. The van der Waals surface area contributed by atoms with Crippen molar-refractivity contribution in [1.29, 1.82) is 0 Å². The van der Waals surface area contributed by atoms with Crippen molar-refractivity contribution in [2.24, 2.45) is 0 Å². The molecule has 365 valence electrons. The van der Waals surface area contributed by atoms with E-state index in [9.17, 15) is 0 Å². The van der Waals surface area contributed by atoms with E-state index in [1.54, 1.807) is 5.56 Å². The van der Waals surface area contributed by atoms with Crippen molar-refractivity contribution in [2.45, 2.75) is 355 Å². The Morgan fingerprint density at radius 1 is 0.242 bits per heavy atom. The lowest BCUT2D eigenvalue weighted by atomic mass is 9.96. The van der Waals surface area contributed by atoms with Crippen molar-refractivity contribution >= 4 is 0 Å². The molecule has 0 fully saturated rings. The summed E-state index contributed by atoms with van der Waals surface area (Å²) in [6, 6.07) is 0. The monoisotopic (exact) mass is 864 g/mol. The number of hydrogen-bond acceptors (Lipinski definition) is 2. The summed E-state index contributed by atoms with van der Waals surface area (Å²) in [5.41, 5.74) is 4.37. The Labute approximate surface area is 392 Å². The molecule has 1 aromatic rings. The van der Waals surface area contributed by atoms with E-state index in [-0.39, 0.29) is 0 Å². The normalized spacial score (nSPS) is 11.7. The van der Waals surface area contributed by atoms with Crippen molar-refractivity contribution in [3.8, 4) is 0 Å². The zero-order chi connectivity index (χ0) is 44.5. The number of aryl methyl sites for hydroxylation is 2. The summed E-state index contributed by atoms with van der Waals surface area (Å²) < 4.78 is 0. The van der Waals surface area contributed by atoms with Crippen molar-refractivity contribution < 1.29 is 0 Å². The van der Waals surface area contributed by atoms with Gasteiger partial charge in [0, 0.05) is 17.8 Å². The molecule has 0 bridgehead atoms. The van der Waals surface area contributed by atoms with E-state index >= 15 is 0 Å². The zero-order valence-electron chi connectivity index (χ0n) is 43.5. The molecular weight excluding hydrogens is 749 g/mol. The summed E-state index contributed by atoms with van der Waals surface area (Å²) >= 11 is 0. The van der Waals surface area contributed by atoms with E-state index in [1.165, 1.54) is 326 Å². The summed E-state index contributed by atoms with van der Waals surface area (Å²) in [4.78, 5) is 10.4. The maximum atomic E-state index is 5.21. The molecule has 0 unspecified atom stereocenters. The molecule has 1 heterocycles. The first-order valence-corrected chi connectivity index (χ1v) is 29.4. The second-order valence-corrected chi connectivity index (χ2v) is 20.4. The third-order valence-corrected chi connectivity index (χ3v) is 14.3. The van der Waals surface area contributed by atoms with Gasteiger partial charge in [0.15, 0.2) is 0 Å². The molecule has 0 aliphatic heterocycles. The summed E-state index contributed by atoms with van der Waals surface area (Å²) in [5.74, 6) is 0.985. The van der Waals surface area contributed by atoms with Gasteiger partial charge in [-0.2, -0.15) is 0 Å². The van der Waals surface area contributed by atoms with Gasteiger partial charge in [0.2, 0.25) is 0 Å². The van der Waals surface area contributed by atoms with Gasteiger partial charge in [-0.1, -0.05) is 317 Å². The Morgan fingerprint density at radius 3 is 0.613 bits per heavy atom. The Hall–Kier alpha value is -0.920. The molecule has 0 aromatic carbocycles. The topological polar surface area (TPSA) is 25.8 Å². The van der Waals surface area contributed by atoms with Gasteiger partial charge in [-0.05, 0) is 44.1 Å². The molecule has 1 rings (SSSR count). The van der Waals surface area contributed by atoms with Crippen LogP contribution in [0.2, 0.25) is 0 Å². The highest BCUT2D eigenvalue weighted by Crippen LogP contribution is 2.23. The molecule has 1 aromatic heterocycles. The van der Waals surface area contributed by atoms with E-state index in [0.717, 1.165) is 18.7 Å². The number of unbranched alkanes of at least 4 members (excludes halogenated alkanes) is 45. The SMILES string of the molecule is C[CH]c1nc(CCCCCCCCCCCCCCCCCC)c(CCCCCCCCCCCCCCCCCC)c(CCCCCCCCCCCCCCCCCC)n1. The molecule has 0 N–H and O–H groups in total. The van der Waals surface area contributed by atoms with Crippen molar-refractivity contribution in [1.82, 2.24) is 9.97 Å². The number of nitrogens with zero attached hydrogens (tertiary/aromatic N) is 2. The first-order valence-electron chi connectivity index (χ1n) is 29.4. The maximum absolute atomic E-state index is 5.21. The predicted molar refractivity (Wildman–Crippen MR) is 281 cm³/mol. The largest absolute Gasteiger partial charge is 0.237 e. The zero-order valence-corrected chi connectivity index (χ0v) is 43.5. The van der Waals surface area contributed by atoms with E-state index in [4.69, 9.17) is 9.97 Å². The van der Waals surface area contributed by atoms with Crippen molar-refractivity contribution in [2.75, 3.05) is 0 Å². The molecule has 0 aliphatic carbocycles. The second-order valence-electron chi connectivity index (χ2n) is 20.4. The Balaban J connectivity index is 2.42. The van der Waals surface area contributed by atoms with Gasteiger partial charge in [-0.25, -0.2) is 9.97 Å². The Kier molecular flexibility index (Phi) is 47.2. The van der Waals surface area contributed by atoms with Crippen LogP contribution in [0.1, 0.15) is 359 Å². The third-order valence-electron chi connectivity index (χ3n) is 14.3. The molecule has 2 nitrogen and oxygen atoms in total. The summed E-state index contributed by atoms with van der Waals surface area (Å²) in [6.07, 6.45) is 74.3. The highest BCUT2D eigenvalue weighted by Gasteiger charge is 2.14. The van der Waals surface area contributed by atoms with Gasteiger partial charge >= 0.3 is 0 Å². The lowest BCUT2D eigenvalue weighted by molar-refractivity contribution is 0.526. The van der Waals surface area contributed by atoms with Crippen LogP contribution in [0.5, 0.6) is 0 Å². The van der Waals surface area contributed by atoms with E-state index in [0.29, 0.717) is 0 Å². The molecule has 0 atom stereocenters. The van der Waals surface area contributed by atoms with E-state index < -0.39 is 0 Å². The highest BCUT2D eigenvalue weighted by atomic mass is 14.9. The molecule has 1 radical (unpaired) electrons. The van der Waals surface area contributed by atoms with Crippen LogP contribution >= 0.6 is 0 Å². The highest BCUT2D eigenvalue weighted by molar-refractivity contribution is 5.28. The van der Waals surface area contributed by atoms with Gasteiger partial charge < -0.3 is 0 Å². The van der Waals surface area contributed by atoms with Crippen LogP contribution in [0.4, 0.5) is 0 Å². The molecular formula is C60H115N2. The van der Waals surface area contributed by atoms with Crippen LogP contribution in [-0.4, -0.2) is 9.97 Å². The van der Waals surface area contributed by atoms with Gasteiger partial charge in [0.25, 0.3) is 0 Å². The average Bonchev–Trinajstić information content (AvgIpc) is 3.28. The molecule has 2 heteroatoms. The van der Waals surface area contributed by atoms with Gasteiger partial charge in [0.05, 0.1) is 0 Å². The molecule has 0 aliphatic rings. The Morgan fingerprint density at radius 2 is 0.419 bits per heavy atom. The Bertz CT molecular complexity index is 943. The number of hydrogen-bond donors (Lipinski definition) is 0. The molecule has 0 saturated carbocycles. The van der Waals surface area contributed by atoms with E-state index in [2.05, 4.69) is 34.1 Å². The second kappa shape index (κ2) is 49.5. The molecule has 0 amide bonds. The first kappa shape index (κ1) is 59.1. The van der Waals surface area contributed by atoms with Crippen molar-refractivity contribution in [3.05, 3.63) is 29.2 Å². The minimum atomic E-state index is 0.985. The fourth-order valence-electron chi connectivity index (χ4n) is 9.97. The van der Waals surface area contributed by atoms with Crippen LogP contribution in [-0.2, 0) is 19.3 Å². The number of aromatic nitrogens is 2. The minimum Gasteiger partial charge on any atom is -0.237 e. The molecule has 62 heavy (non-hydrogen) atoms. The summed E-state index contributed by atoms with van der Waals surface area (Å²) in [7, 11) is 0. The van der Waals surface area contributed by atoms with Crippen LogP contribution in [0, 0.1) is 6.42 Å². The fraction of sp³-hybridized carbons (Fsp3) is 0.917. The van der Waals surface area contributed by atoms with E-state index in [1.807, 2.05) is 0 Å². The summed E-state index contributed by atoms with van der Waals surface area (Å²) in [6.45, 7) is 9.09. The molecule has 0 spiro atoms. The maximum Gasteiger partial charge on any atom is 0.132 e. The van der Waals surface area contributed by atoms with Crippen LogP contribution in [0.3, 0.4) is 0 Å². The standard InChI is InChI=1S/C60H115N2/c1-5-9-12-15-18-21-24-27-30-33-36-39-42-45-48-51-54-57-58(55-52-49-46-43-40-37-34-31-28-25-22-19-16-13-10-6-2)61-60(8-4)62-59(57)56-53-50-47-44-41-38-35-32-29-26-23-20-17-14-11-7-3/h8H,5-7,9-56H2,1-4H3. The van der Waals surface area contributed by atoms with Crippen molar-refractivity contribution in [3.63, 3.8) is 0 Å². The van der Waals surface area contributed by atoms with Gasteiger partial charge in [-0.3, -0.25) is 0 Å². The quantitative estimate of drug-likeness (QED) is 0.0610. The van der Waals surface area contributed by atoms with Crippen LogP contribution < -0.4 is 0 Å². The predicted octanol–water partition coefficient (Wildman–Crippen LogP) is 21.5. The third kappa shape index (κ3) is 39.4. The van der Waals surface area contributed by atoms with Gasteiger partial charge in [-0.15, -0.1) is 0 Å². The lowest BCUT2D eigenvalue weighted by Crippen LogP contribution is -2.10.